The average Bonchev–Trinajstić information content (AvgIpc) is 3.77. The number of ether oxygens (including phenoxy) is 4. The summed E-state index contributed by atoms with van der Waals surface area (Å²) in [6.07, 6.45) is 1.68. The molecule has 1 saturated carbocycles. The van der Waals surface area contributed by atoms with E-state index < -0.39 is 58.3 Å². The predicted octanol–water partition coefficient (Wildman–Crippen LogP) is 12.9. The van der Waals surface area contributed by atoms with Gasteiger partial charge in [0.25, 0.3) is 0 Å². The fraction of sp³-hybridized carbons (Fsp3) is 0.604. The first-order valence-electron chi connectivity index (χ1n) is 24.4. The Morgan fingerprint density at radius 2 is 1.25 bits per heavy atom. The first-order chi connectivity index (χ1) is 32.8. The summed E-state index contributed by atoms with van der Waals surface area (Å²) in [6, 6.07) is 12.3. The number of carbonyl (C=O) groups excluding carboxylic acids is 4. The molecule has 2 atom stereocenters. The molecular weight excluding hydrogens is 952 g/mol. The highest BCUT2D eigenvalue weighted by atomic mass is 35.5. The van der Waals surface area contributed by atoms with Gasteiger partial charge < -0.3 is 24.1 Å². The Morgan fingerprint density at radius 1 is 0.732 bits per heavy atom. The van der Waals surface area contributed by atoms with Crippen LogP contribution in [0.2, 0.25) is 10.0 Å². The zero-order valence-corrected chi connectivity index (χ0v) is 45.5. The Kier molecular flexibility index (Phi) is 17.8. The van der Waals surface area contributed by atoms with Gasteiger partial charge in [-0.2, -0.15) is 4.90 Å². The molecule has 2 aromatic carbocycles. The Bertz CT molecular complexity index is 2350. The average molecular weight is 1030 g/mol. The highest BCUT2D eigenvalue weighted by molar-refractivity contribution is 6.36. The van der Waals surface area contributed by atoms with Crippen molar-refractivity contribution in [1.82, 2.24) is 19.8 Å². The van der Waals surface area contributed by atoms with E-state index >= 15 is 0 Å². The van der Waals surface area contributed by atoms with E-state index in [1.807, 2.05) is 24.3 Å². The van der Waals surface area contributed by atoms with Crippen LogP contribution in [0.4, 0.5) is 30.8 Å². The third-order valence-corrected chi connectivity index (χ3v) is 12.5. The first kappa shape index (κ1) is 56.7. The summed E-state index contributed by atoms with van der Waals surface area (Å²) in [5, 5.41) is 11.6. The van der Waals surface area contributed by atoms with Crippen LogP contribution in [0.5, 0.6) is 0 Å². The van der Waals surface area contributed by atoms with Crippen LogP contribution in [-0.2, 0) is 36.8 Å². The number of piperidine rings is 1. The van der Waals surface area contributed by atoms with Crippen LogP contribution in [0.15, 0.2) is 48.7 Å². The number of halogens is 2. The largest absolute Gasteiger partial charge is 0.479 e. The van der Waals surface area contributed by atoms with E-state index in [0.29, 0.717) is 35.5 Å². The molecular formula is C53H74Cl2N6O10. The number of likely N-dealkylation sites (tertiary alicyclic amines) is 1. The number of nitrogens with zero attached hydrogens (tertiary/aromatic N) is 6. The Balaban J connectivity index is 1.61. The van der Waals surface area contributed by atoms with Crippen molar-refractivity contribution in [1.29, 1.82) is 0 Å². The summed E-state index contributed by atoms with van der Waals surface area (Å²) in [5.41, 5.74) is -3.27. The highest BCUT2D eigenvalue weighted by Gasteiger charge is 2.57. The van der Waals surface area contributed by atoms with E-state index in [4.69, 9.17) is 47.1 Å². The number of benzene rings is 2. The predicted molar refractivity (Wildman–Crippen MR) is 275 cm³/mol. The summed E-state index contributed by atoms with van der Waals surface area (Å²) in [5.74, 6) is -1.62. The van der Waals surface area contributed by atoms with Gasteiger partial charge in [-0.3, -0.25) is 14.7 Å². The van der Waals surface area contributed by atoms with Crippen molar-refractivity contribution in [3.05, 3.63) is 69.8 Å². The molecule has 2 fully saturated rings. The van der Waals surface area contributed by atoms with Gasteiger partial charge in [-0.15, -0.1) is 0 Å². The minimum absolute atomic E-state index is 0.156. The second-order valence-electron chi connectivity index (χ2n) is 23.0. The number of aliphatic carboxylic acids is 1. The first-order valence-corrected chi connectivity index (χ1v) is 25.2. The SMILES string of the molecule is CC(C)CN(Cc1ccc(-c2cnc(N(C(=O)OC(C)(C)C)C(=O)OC(C)(C)C)c(N(Cc3c(Cl)cccc3Cl)C(=O)OC(C)(C)C)n2)cc1)C1CCN(C(=O)OC(C)(C)C)[C@@](C(=O)O)(C2CCCC2)C1. The second-order valence-corrected chi connectivity index (χ2v) is 23.8. The molecule has 1 saturated heterocycles. The molecule has 18 heteroatoms. The fourth-order valence-corrected chi connectivity index (χ4v) is 9.54. The summed E-state index contributed by atoms with van der Waals surface area (Å²) in [7, 11) is 0. The molecule has 3 aromatic rings. The summed E-state index contributed by atoms with van der Waals surface area (Å²) >= 11 is 13.4. The monoisotopic (exact) mass is 1020 g/mol. The standard InChI is InChI=1S/C53H74Cl2N6O10/c1-33(2)30-58(37-26-27-60(46(65)69-50(6,7)8)53(28-37,44(62)63)36-18-15-16-19-36)31-34-22-24-35(25-23-34)41-29-56-42(61(47(66)70-51(9,10)11)48(67)71-52(12,13)14)43(57-41)59(45(64)68-49(3,4)5)32-38-39(54)20-17-21-40(38)55/h17,20-25,29,33,36-37H,15-16,18-19,26-28,30-32H2,1-14H3,(H,62,63)/t37?,53-/m1/s1. The van der Waals surface area contributed by atoms with Crippen molar-refractivity contribution >= 4 is 65.2 Å². The second kappa shape index (κ2) is 22.3. The number of imide groups is 1. The molecule has 1 aliphatic heterocycles. The third kappa shape index (κ3) is 14.9. The van der Waals surface area contributed by atoms with Gasteiger partial charge in [0.1, 0.15) is 27.9 Å². The molecule has 2 heterocycles. The highest BCUT2D eigenvalue weighted by Crippen LogP contribution is 2.46. The molecule has 0 spiro atoms. The number of aromatic nitrogens is 2. The van der Waals surface area contributed by atoms with E-state index in [1.54, 1.807) is 101 Å². The summed E-state index contributed by atoms with van der Waals surface area (Å²) in [6.45, 7) is 25.6. The van der Waals surface area contributed by atoms with E-state index in [9.17, 15) is 29.1 Å². The van der Waals surface area contributed by atoms with Crippen LogP contribution in [0.1, 0.15) is 147 Å². The number of hydrogen-bond donors (Lipinski definition) is 1. The van der Waals surface area contributed by atoms with E-state index in [-0.39, 0.29) is 64.8 Å². The van der Waals surface area contributed by atoms with Crippen molar-refractivity contribution in [3.63, 3.8) is 0 Å². The molecule has 4 amide bonds. The molecule has 0 bridgehead atoms. The number of rotatable bonds is 12. The summed E-state index contributed by atoms with van der Waals surface area (Å²) < 4.78 is 23.2. The molecule has 1 aliphatic carbocycles. The maximum atomic E-state index is 14.5. The van der Waals surface area contributed by atoms with Crippen molar-refractivity contribution in [3.8, 4) is 11.3 Å². The molecule has 0 radical (unpaired) electrons. The molecule has 1 aromatic heterocycles. The van der Waals surface area contributed by atoms with Gasteiger partial charge in [-0.25, -0.2) is 33.9 Å². The van der Waals surface area contributed by atoms with Crippen molar-refractivity contribution in [2.75, 3.05) is 22.9 Å². The molecule has 16 nitrogen and oxygen atoms in total. The Hall–Kier alpha value is -5.19. The molecule has 390 valence electrons. The molecule has 5 rings (SSSR count). The zero-order valence-electron chi connectivity index (χ0n) is 44.0. The zero-order chi connectivity index (χ0) is 53.0. The lowest BCUT2D eigenvalue weighted by Crippen LogP contribution is -2.67. The topological polar surface area (TPSA) is 181 Å². The number of carbonyl (C=O) groups is 5. The maximum Gasteiger partial charge on any atom is 0.425 e. The van der Waals surface area contributed by atoms with E-state index in [2.05, 4.69) is 23.7 Å². The maximum absolute atomic E-state index is 14.5. The summed E-state index contributed by atoms with van der Waals surface area (Å²) in [4.78, 5) is 85.3. The van der Waals surface area contributed by atoms with E-state index in [1.165, 1.54) is 11.1 Å². The number of carboxylic acid groups (broad SMARTS) is 1. The van der Waals surface area contributed by atoms with Gasteiger partial charge >= 0.3 is 30.3 Å². The third-order valence-electron chi connectivity index (χ3n) is 11.8. The van der Waals surface area contributed by atoms with Crippen LogP contribution in [-0.4, -0.2) is 102 Å². The van der Waals surface area contributed by atoms with Gasteiger partial charge in [-0.1, -0.05) is 80.2 Å². The lowest BCUT2D eigenvalue weighted by atomic mass is 9.73. The van der Waals surface area contributed by atoms with Gasteiger partial charge in [0.2, 0.25) is 0 Å². The minimum atomic E-state index is -1.42. The molecule has 1 N–H and O–H groups in total. The minimum Gasteiger partial charge on any atom is -0.479 e. The molecule has 1 unspecified atom stereocenters. The molecule has 71 heavy (non-hydrogen) atoms. The van der Waals surface area contributed by atoms with E-state index in [0.717, 1.165) is 36.1 Å². The lowest BCUT2D eigenvalue weighted by molar-refractivity contribution is -0.161. The van der Waals surface area contributed by atoms with Gasteiger partial charge in [0.15, 0.2) is 11.6 Å². The lowest BCUT2D eigenvalue weighted by Gasteiger charge is -2.52. The fourth-order valence-electron chi connectivity index (χ4n) is 9.02. The normalized spacial score (nSPS) is 18.1. The van der Waals surface area contributed by atoms with Crippen LogP contribution in [0.3, 0.4) is 0 Å². The Labute approximate surface area is 429 Å². The van der Waals surface area contributed by atoms with Gasteiger partial charge in [0.05, 0.1) is 18.4 Å². The van der Waals surface area contributed by atoms with Crippen LogP contribution in [0.25, 0.3) is 11.3 Å². The number of amides is 4. The smallest absolute Gasteiger partial charge is 0.425 e. The van der Waals surface area contributed by atoms with Crippen molar-refractivity contribution in [2.45, 2.75) is 183 Å². The van der Waals surface area contributed by atoms with Gasteiger partial charge in [-0.05, 0) is 138 Å². The number of hydrogen-bond acceptors (Lipinski definition) is 12. The number of anilines is 2. The van der Waals surface area contributed by atoms with Crippen molar-refractivity contribution in [2.24, 2.45) is 11.8 Å². The molecule has 2 aliphatic rings. The van der Waals surface area contributed by atoms with Crippen molar-refractivity contribution < 1.29 is 48.0 Å². The van der Waals surface area contributed by atoms with Crippen LogP contribution in [0, 0.1) is 11.8 Å². The van der Waals surface area contributed by atoms with Crippen LogP contribution < -0.4 is 9.80 Å². The Morgan fingerprint density at radius 3 is 1.75 bits per heavy atom. The van der Waals surface area contributed by atoms with Gasteiger partial charge in [0, 0.05) is 46.8 Å². The van der Waals surface area contributed by atoms with Crippen LogP contribution >= 0.6 is 23.2 Å². The number of carboxylic acids is 1. The quantitative estimate of drug-likeness (QED) is 0.169.